The van der Waals surface area contributed by atoms with E-state index in [1.165, 1.54) is 0 Å². The second-order valence-electron chi connectivity index (χ2n) is 4.20. The van der Waals surface area contributed by atoms with Gasteiger partial charge in [-0.05, 0) is 0 Å². The quantitative estimate of drug-likeness (QED) is 0.575. The van der Waals surface area contributed by atoms with Gasteiger partial charge in [0.1, 0.15) is 0 Å². The second-order valence-corrected chi connectivity index (χ2v) is 11.7. The fourth-order valence-corrected chi connectivity index (χ4v) is 10.3. The van der Waals surface area contributed by atoms with Gasteiger partial charge in [0.2, 0.25) is 0 Å². The van der Waals surface area contributed by atoms with Crippen molar-refractivity contribution in [3.63, 3.8) is 0 Å². The Balaban J connectivity index is 5.76. The first kappa shape index (κ1) is 18.9. The molecule has 0 heterocycles. The van der Waals surface area contributed by atoms with Crippen LogP contribution >= 0.6 is 28.2 Å². The Kier molecular flexibility index (Phi) is 7.99. The van der Waals surface area contributed by atoms with E-state index in [2.05, 4.69) is 55.6 Å². The normalized spacial score (nSPS) is 15.4. The minimum atomic E-state index is -3.18. The fourth-order valence-electron chi connectivity index (χ4n) is 2.61. The van der Waals surface area contributed by atoms with E-state index in [1.54, 1.807) is 0 Å². The Morgan fingerprint density at radius 3 is 0.833 bits per heavy atom. The zero-order valence-electron chi connectivity index (χ0n) is 12.8. The zero-order chi connectivity index (χ0) is 14.4. The van der Waals surface area contributed by atoms with Gasteiger partial charge in [0.05, 0.1) is 0 Å². The number of rotatable bonds is 9. The summed E-state index contributed by atoms with van der Waals surface area (Å²) in [6.45, 7) is 18.0. The van der Waals surface area contributed by atoms with Gasteiger partial charge >= 0.3 is 123 Å². The standard InChI is InChI=1S/C12H30Cl2N3P/c1-7-15(8-2)18(13,14,16(9-3)10-4)17(11-5)12-6/h7-12H2,1-6H3. The van der Waals surface area contributed by atoms with Gasteiger partial charge < -0.3 is 0 Å². The van der Waals surface area contributed by atoms with Crippen LogP contribution in [-0.2, 0) is 0 Å². The molecule has 0 amide bonds. The van der Waals surface area contributed by atoms with Gasteiger partial charge in [-0.1, -0.05) is 0 Å². The predicted octanol–water partition coefficient (Wildman–Crippen LogP) is 4.62. The molecule has 0 spiro atoms. The molecular weight excluding hydrogens is 288 g/mol. The topological polar surface area (TPSA) is 9.72 Å². The molecule has 0 aromatic heterocycles. The van der Waals surface area contributed by atoms with Crippen molar-refractivity contribution in [2.24, 2.45) is 0 Å². The van der Waals surface area contributed by atoms with Crippen LogP contribution < -0.4 is 0 Å². The van der Waals surface area contributed by atoms with Crippen LogP contribution in [0.1, 0.15) is 41.5 Å². The molecule has 0 saturated heterocycles. The van der Waals surface area contributed by atoms with E-state index >= 15 is 0 Å². The first-order valence-electron chi connectivity index (χ1n) is 7.08. The molecule has 0 aromatic carbocycles. The number of nitrogens with zero attached hydrogens (tertiary/aromatic N) is 3. The van der Waals surface area contributed by atoms with Gasteiger partial charge in [0.25, 0.3) is 0 Å². The molecule has 0 fully saturated rings. The first-order valence-corrected chi connectivity index (χ1v) is 11.0. The molecule has 0 rings (SSSR count). The number of hydrogen-bond acceptors (Lipinski definition) is 3. The summed E-state index contributed by atoms with van der Waals surface area (Å²) in [6.07, 6.45) is 0. The molecule has 3 nitrogen and oxygen atoms in total. The molecule has 6 heteroatoms. The van der Waals surface area contributed by atoms with Crippen LogP contribution in [0.4, 0.5) is 0 Å². The molecule has 112 valence electrons. The van der Waals surface area contributed by atoms with Crippen molar-refractivity contribution in [1.29, 1.82) is 0 Å². The fraction of sp³-hybridized carbons (Fsp3) is 1.00. The van der Waals surface area contributed by atoms with Crippen molar-refractivity contribution < 1.29 is 0 Å². The Morgan fingerprint density at radius 2 is 0.722 bits per heavy atom. The van der Waals surface area contributed by atoms with Gasteiger partial charge in [0.15, 0.2) is 0 Å². The molecule has 0 aliphatic heterocycles. The summed E-state index contributed by atoms with van der Waals surface area (Å²) in [4.78, 5) is 0. The Hall–Kier alpha value is 0.890. The molecule has 0 radical (unpaired) electrons. The Morgan fingerprint density at radius 1 is 0.556 bits per heavy atom. The van der Waals surface area contributed by atoms with Gasteiger partial charge in [-0.2, -0.15) is 0 Å². The summed E-state index contributed by atoms with van der Waals surface area (Å²) < 4.78 is 6.73. The Bertz CT molecular complexity index is 201. The molecule has 0 aliphatic rings. The number of hydrogen-bond donors (Lipinski definition) is 0. The van der Waals surface area contributed by atoms with Crippen molar-refractivity contribution >= 4 is 28.2 Å². The third-order valence-electron chi connectivity index (χ3n) is 3.59. The first-order chi connectivity index (χ1) is 8.36. The summed E-state index contributed by atoms with van der Waals surface area (Å²) in [5.41, 5.74) is 0. The van der Waals surface area contributed by atoms with Crippen LogP contribution in [0.5, 0.6) is 0 Å². The average Bonchev–Trinajstić information content (AvgIpc) is 2.32. The van der Waals surface area contributed by atoms with Gasteiger partial charge in [0, 0.05) is 0 Å². The minimum absolute atomic E-state index is 0.869. The molecule has 0 unspecified atom stereocenters. The average molecular weight is 318 g/mol. The van der Waals surface area contributed by atoms with Crippen molar-refractivity contribution in [2.45, 2.75) is 41.5 Å². The molecule has 0 aliphatic carbocycles. The summed E-state index contributed by atoms with van der Waals surface area (Å²) in [5, 5.41) is 0. The van der Waals surface area contributed by atoms with Crippen LogP contribution in [-0.4, -0.2) is 53.3 Å². The monoisotopic (exact) mass is 317 g/mol. The molecule has 18 heavy (non-hydrogen) atoms. The van der Waals surface area contributed by atoms with E-state index in [9.17, 15) is 0 Å². The van der Waals surface area contributed by atoms with E-state index in [0.29, 0.717) is 0 Å². The third-order valence-corrected chi connectivity index (χ3v) is 11.9. The van der Waals surface area contributed by atoms with Crippen LogP contribution in [0, 0.1) is 0 Å². The maximum atomic E-state index is 7.17. The molecule has 0 saturated carbocycles. The van der Waals surface area contributed by atoms with Crippen molar-refractivity contribution in [3.8, 4) is 0 Å². The summed E-state index contributed by atoms with van der Waals surface area (Å²) in [7, 11) is 0. The van der Waals surface area contributed by atoms with E-state index in [1.807, 2.05) is 0 Å². The molecular formula is C12H30Cl2N3P. The second kappa shape index (κ2) is 7.61. The Labute approximate surface area is 123 Å². The summed E-state index contributed by atoms with van der Waals surface area (Å²) in [5.74, 6) is -3.18. The van der Waals surface area contributed by atoms with Crippen molar-refractivity contribution in [1.82, 2.24) is 14.0 Å². The van der Waals surface area contributed by atoms with E-state index < -0.39 is 5.76 Å². The van der Waals surface area contributed by atoms with E-state index in [4.69, 9.17) is 22.5 Å². The van der Waals surface area contributed by atoms with E-state index in [0.717, 1.165) is 39.3 Å². The van der Waals surface area contributed by atoms with Crippen molar-refractivity contribution in [3.05, 3.63) is 0 Å². The van der Waals surface area contributed by atoms with E-state index in [-0.39, 0.29) is 0 Å². The van der Waals surface area contributed by atoms with Crippen LogP contribution in [0.25, 0.3) is 0 Å². The molecule has 0 aromatic rings. The summed E-state index contributed by atoms with van der Waals surface area (Å²) >= 11 is 14.3. The SMILES string of the molecule is CCN(CC)P(Cl)(Cl)(N(CC)CC)N(CC)CC. The van der Waals surface area contributed by atoms with Gasteiger partial charge in [-0.3, -0.25) is 0 Å². The summed E-state index contributed by atoms with van der Waals surface area (Å²) in [6, 6.07) is 0. The van der Waals surface area contributed by atoms with Crippen molar-refractivity contribution in [2.75, 3.05) is 39.3 Å². The van der Waals surface area contributed by atoms with Crippen LogP contribution in [0.15, 0.2) is 0 Å². The maximum absolute atomic E-state index is 7.17. The van der Waals surface area contributed by atoms with Gasteiger partial charge in [-0.15, -0.1) is 0 Å². The zero-order valence-corrected chi connectivity index (χ0v) is 15.2. The molecule has 0 bridgehead atoms. The third kappa shape index (κ3) is 3.13. The van der Waals surface area contributed by atoms with Gasteiger partial charge in [-0.25, -0.2) is 0 Å². The number of halogens is 2. The molecule has 0 atom stereocenters. The van der Waals surface area contributed by atoms with Crippen LogP contribution in [0.3, 0.4) is 0 Å². The van der Waals surface area contributed by atoms with Crippen LogP contribution in [0.2, 0.25) is 0 Å². The predicted molar refractivity (Wildman–Crippen MR) is 87.4 cm³/mol. The molecule has 0 N–H and O–H groups in total.